The van der Waals surface area contributed by atoms with E-state index in [2.05, 4.69) is 0 Å². The Morgan fingerprint density at radius 3 is 2.37 bits per heavy atom. The topological polar surface area (TPSA) is 31.2 Å². The number of hydrogen-bond donors (Lipinski definition) is 0. The van der Waals surface area contributed by atoms with E-state index in [1.807, 2.05) is 52.7 Å². The van der Waals surface area contributed by atoms with Crippen molar-refractivity contribution in [1.82, 2.24) is 4.57 Å². The van der Waals surface area contributed by atoms with Gasteiger partial charge in [-0.2, -0.15) is 0 Å². The van der Waals surface area contributed by atoms with Gasteiger partial charge in [0, 0.05) is 18.1 Å². The molecule has 0 aliphatic heterocycles. The van der Waals surface area contributed by atoms with Crippen LogP contribution in [0.4, 0.5) is 0 Å². The molecule has 0 aliphatic carbocycles. The van der Waals surface area contributed by atoms with Crippen LogP contribution in [0.3, 0.4) is 0 Å². The number of hydrogen-bond acceptors (Lipinski definition) is 3. The average molecular weight is 269 g/mol. The van der Waals surface area contributed by atoms with Gasteiger partial charge in [0.05, 0.1) is 0 Å². The number of carbonyl (C=O) groups excluding carboxylic acids is 1. The number of ether oxygens (including phenoxy) is 1. The molecule has 0 saturated carbocycles. The maximum atomic E-state index is 11.8. The van der Waals surface area contributed by atoms with E-state index in [4.69, 9.17) is 4.74 Å². The van der Waals surface area contributed by atoms with Crippen LogP contribution in [0.2, 0.25) is 0 Å². The van der Waals surface area contributed by atoms with E-state index < -0.39 is 0 Å². The third-order valence-corrected chi connectivity index (χ3v) is 3.52. The molecule has 94 valence electrons. The molecule has 0 fully saturated rings. The molecule has 2 aromatic heterocycles. The van der Waals surface area contributed by atoms with Crippen LogP contribution in [0.15, 0.2) is 66.3 Å². The van der Waals surface area contributed by atoms with Gasteiger partial charge in [0.15, 0.2) is 0 Å². The maximum Gasteiger partial charge on any atom is 0.353 e. The van der Waals surface area contributed by atoms with Crippen LogP contribution in [0, 0.1) is 0 Å². The number of aromatic nitrogens is 1. The lowest BCUT2D eigenvalue weighted by molar-refractivity contribution is 0.0740. The van der Waals surface area contributed by atoms with Crippen molar-refractivity contribution in [3.05, 3.63) is 71.2 Å². The molecule has 0 aliphatic rings. The highest BCUT2D eigenvalue weighted by molar-refractivity contribution is 7.12. The normalized spacial score (nSPS) is 10.3. The van der Waals surface area contributed by atoms with Crippen LogP contribution >= 0.6 is 11.3 Å². The van der Waals surface area contributed by atoms with Gasteiger partial charge >= 0.3 is 5.97 Å². The Morgan fingerprint density at radius 1 is 1.00 bits per heavy atom. The van der Waals surface area contributed by atoms with Crippen molar-refractivity contribution in [1.29, 1.82) is 0 Å². The number of thiophene rings is 1. The highest BCUT2D eigenvalue weighted by atomic mass is 32.1. The molecule has 0 amide bonds. The molecular formula is C15H11NO2S. The summed E-state index contributed by atoms with van der Waals surface area (Å²) in [6, 6.07) is 14.9. The van der Waals surface area contributed by atoms with Crippen molar-refractivity contribution < 1.29 is 9.53 Å². The van der Waals surface area contributed by atoms with E-state index >= 15 is 0 Å². The number of benzene rings is 1. The van der Waals surface area contributed by atoms with Gasteiger partial charge in [0.1, 0.15) is 10.6 Å². The number of rotatable bonds is 3. The molecule has 4 heteroatoms. The summed E-state index contributed by atoms with van der Waals surface area (Å²) in [5, 5.41) is 1.85. The van der Waals surface area contributed by atoms with E-state index in [1.54, 1.807) is 18.2 Å². The molecule has 1 aromatic carbocycles. The van der Waals surface area contributed by atoms with Gasteiger partial charge in [0.25, 0.3) is 0 Å². The predicted molar refractivity (Wildman–Crippen MR) is 75.0 cm³/mol. The van der Waals surface area contributed by atoms with Crippen LogP contribution in [0.1, 0.15) is 9.67 Å². The van der Waals surface area contributed by atoms with Gasteiger partial charge < -0.3 is 9.30 Å². The lowest BCUT2D eigenvalue weighted by Crippen LogP contribution is -2.06. The fourth-order valence-corrected chi connectivity index (χ4v) is 2.34. The summed E-state index contributed by atoms with van der Waals surface area (Å²) in [6.45, 7) is 0. The van der Waals surface area contributed by atoms with E-state index in [0.717, 1.165) is 5.69 Å². The molecule has 0 unspecified atom stereocenters. The van der Waals surface area contributed by atoms with Gasteiger partial charge in [-0.15, -0.1) is 11.3 Å². The molecule has 3 rings (SSSR count). The first-order chi connectivity index (χ1) is 9.33. The Labute approximate surface area is 114 Å². The first-order valence-electron chi connectivity index (χ1n) is 5.82. The fourth-order valence-electron chi connectivity index (χ4n) is 1.75. The predicted octanol–water partition coefficient (Wildman–Crippen LogP) is 3.76. The average Bonchev–Trinajstić information content (AvgIpc) is 3.13. The van der Waals surface area contributed by atoms with Gasteiger partial charge in [0.2, 0.25) is 0 Å². The maximum absolute atomic E-state index is 11.8. The Bertz CT molecular complexity index is 655. The summed E-state index contributed by atoms with van der Waals surface area (Å²) in [7, 11) is 0. The molecule has 3 aromatic rings. The lowest BCUT2D eigenvalue weighted by atomic mass is 10.3. The molecule has 0 radical (unpaired) electrons. The van der Waals surface area contributed by atoms with Crippen molar-refractivity contribution in [3.8, 4) is 11.4 Å². The first-order valence-corrected chi connectivity index (χ1v) is 6.70. The van der Waals surface area contributed by atoms with Gasteiger partial charge in [-0.1, -0.05) is 6.07 Å². The van der Waals surface area contributed by atoms with Gasteiger partial charge in [-0.3, -0.25) is 0 Å². The summed E-state index contributed by atoms with van der Waals surface area (Å²) in [5.74, 6) is 0.234. The van der Waals surface area contributed by atoms with Crippen molar-refractivity contribution >= 4 is 17.3 Å². The fraction of sp³-hybridized carbons (Fsp3) is 0. The van der Waals surface area contributed by atoms with Crippen molar-refractivity contribution in [2.45, 2.75) is 0 Å². The van der Waals surface area contributed by atoms with E-state index in [9.17, 15) is 4.79 Å². The van der Waals surface area contributed by atoms with Crippen molar-refractivity contribution in [2.75, 3.05) is 0 Å². The monoisotopic (exact) mass is 269 g/mol. The molecule has 0 N–H and O–H groups in total. The van der Waals surface area contributed by atoms with Crippen LogP contribution in [0.5, 0.6) is 5.75 Å². The van der Waals surface area contributed by atoms with Crippen molar-refractivity contribution in [2.24, 2.45) is 0 Å². The second-order valence-electron chi connectivity index (χ2n) is 3.95. The third-order valence-electron chi connectivity index (χ3n) is 2.67. The smallest absolute Gasteiger partial charge is 0.353 e. The van der Waals surface area contributed by atoms with Crippen LogP contribution in [-0.2, 0) is 0 Å². The largest absolute Gasteiger partial charge is 0.422 e. The SMILES string of the molecule is O=C(Oc1ccc(-n2cccc2)cc1)c1cccs1. The molecule has 0 saturated heterocycles. The molecular weight excluding hydrogens is 258 g/mol. The van der Waals surface area contributed by atoms with Crippen LogP contribution in [-0.4, -0.2) is 10.5 Å². The number of nitrogens with zero attached hydrogens (tertiary/aromatic N) is 1. The first kappa shape index (κ1) is 11.7. The van der Waals surface area contributed by atoms with E-state index in [1.165, 1.54) is 11.3 Å². The summed E-state index contributed by atoms with van der Waals surface area (Å²) in [6.07, 6.45) is 3.93. The van der Waals surface area contributed by atoms with E-state index in [-0.39, 0.29) is 5.97 Å². The Morgan fingerprint density at radius 2 is 1.74 bits per heavy atom. The zero-order valence-corrected chi connectivity index (χ0v) is 10.8. The van der Waals surface area contributed by atoms with Gasteiger partial charge in [-0.25, -0.2) is 4.79 Å². The molecule has 3 nitrogen and oxygen atoms in total. The molecule has 19 heavy (non-hydrogen) atoms. The minimum atomic E-state index is -0.316. The van der Waals surface area contributed by atoms with Crippen molar-refractivity contribution in [3.63, 3.8) is 0 Å². The van der Waals surface area contributed by atoms with E-state index in [0.29, 0.717) is 10.6 Å². The second-order valence-corrected chi connectivity index (χ2v) is 4.90. The van der Waals surface area contributed by atoms with Crippen LogP contribution < -0.4 is 4.74 Å². The molecule has 0 atom stereocenters. The third kappa shape index (κ3) is 2.58. The molecule has 0 spiro atoms. The molecule has 0 bridgehead atoms. The zero-order chi connectivity index (χ0) is 13.1. The summed E-state index contributed by atoms with van der Waals surface area (Å²) in [4.78, 5) is 12.4. The highest BCUT2D eigenvalue weighted by Gasteiger charge is 2.09. The quantitative estimate of drug-likeness (QED) is 0.535. The zero-order valence-electron chi connectivity index (χ0n) is 10.0. The van der Waals surface area contributed by atoms with Crippen LogP contribution in [0.25, 0.3) is 5.69 Å². The number of carbonyl (C=O) groups is 1. The number of esters is 1. The Kier molecular flexibility index (Phi) is 3.16. The van der Waals surface area contributed by atoms with Gasteiger partial charge in [-0.05, 0) is 47.8 Å². The molecule has 2 heterocycles. The highest BCUT2D eigenvalue weighted by Crippen LogP contribution is 2.18. The summed E-state index contributed by atoms with van der Waals surface area (Å²) < 4.78 is 7.28. The lowest BCUT2D eigenvalue weighted by Gasteiger charge is -2.05. The Balaban J connectivity index is 1.75. The summed E-state index contributed by atoms with van der Waals surface area (Å²) in [5.41, 5.74) is 1.03. The Hall–Kier alpha value is -2.33. The summed E-state index contributed by atoms with van der Waals surface area (Å²) >= 11 is 1.37. The minimum Gasteiger partial charge on any atom is -0.422 e. The standard InChI is InChI=1S/C15H11NO2S/c17-15(14-4-3-11-19-14)18-13-7-5-12(6-8-13)16-9-1-2-10-16/h1-11H. The minimum absolute atomic E-state index is 0.316. The second kappa shape index (κ2) is 5.12.